The molecule has 0 saturated carbocycles. The molecule has 0 unspecified atom stereocenters. The molecule has 35 heavy (non-hydrogen) atoms. The van der Waals surface area contributed by atoms with E-state index in [1.165, 1.54) is 11.8 Å². The number of ether oxygens (including phenoxy) is 1. The fraction of sp³-hybridized carbons (Fsp3) is 0.583. The topological polar surface area (TPSA) is 154 Å². The van der Waals surface area contributed by atoms with E-state index in [0.717, 1.165) is 5.56 Å². The minimum Gasteiger partial charge on any atom is -0.467 e. The highest BCUT2D eigenvalue weighted by Gasteiger charge is 2.32. The molecule has 0 aliphatic carbocycles. The van der Waals surface area contributed by atoms with Gasteiger partial charge < -0.3 is 21.1 Å². The number of hydrogen-bond donors (Lipinski definition) is 3. The van der Waals surface area contributed by atoms with Crippen molar-refractivity contribution in [1.82, 2.24) is 30.8 Å². The molecule has 11 nitrogen and oxygen atoms in total. The van der Waals surface area contributed by atoms with E-state index in [0.29, 0.717) is 25.1 Å². The Labute approximate surface area is 206 Å². The molecular weight excluding hydrogens is 450 g/mol. The van der Waals surface area contributed by atoms with Crippen molar-refractivity contribution in [1.29, 1.82) is 0 Å². The average molecular weight is 488 g/mol. The lowest BCUT2D eigenvalue weighted by Gasteiger charge is -2.27. The molecule has 11 heteroatoms. The van der Waals surface area contributed by atoms with Gasteiger partial charge in [-0.1, -0.05) is 64.4 Å². The second-order valence-electron chi connectivity index (χ2n) is 9.09. The zero-order valence-electron chi connectivity index (χ0n) is 21.1. The fourth-order valence-corrected chi connectivity index (χ4v) is 3.64. The first-order chi connectivity index (χ1) is 16.7. The van der Waals surface area contributed by atoms with E-state index in [4.69, 9.17) is 10.5 Å². The number of amides is 2. The van der Waals surface area contributed by atoms with Gasteiger partial charge in [-0.15, -0.1) is 5.10 Å². The van der Waals surface area contributed by atoms with Crippen molar-refractivity contribution < 1.29 is 19.1 Å². The molecule has 0 aliphatic rings. The fourth-order valence-electron chi connectivity index (χ4n) is 3.64. The van der Waals surface area contributed by atoms with Gasteiger partial charge in [0.05, 0.1) is 7.11 Å². The summed E-state index contributed by atoms with van der Waals surface area (Å²) in [6.45, 7) is 7.23. The van der Waals surface area contributed by atoms with Crippen molar-refractivity contribution in [3.05, 3.63) is 41.7 Å². The number of esters is 1. The lowest BCUT2D eigenvalue weighted by Crippen LogP contribution is -2.55. The Morgan fingerprint density at radius 1 is 1.06 bits per heavy atom. The number of carbonyl (C=O) groups excluding carboxylic acids is 3. The van der Waals surface area contributed by atoms with E-state index < -0.39 is 29.9 Å². The number of benzene rings is 1. The highest BCUT2D eigenvalue weighted by molar-refractivity contribution is 5.91. The van der Waals surface area contributed by atoms with Crippen LogP contribution in [0.4, 0.5) is 0 Å². The Bertz CT molecular complexity index is 964. The highest BCUT2D eigenvalue weighted by Crippen LogP contribution is 2.11. The first kappa shape index (κ1) is 27.9. The molecule has 1 aromatic heterocycles. The van der Waals surface area contributed by atoms with Gasteiger partial charge in [0.15, 0.2) is 5.82 Å². The maximum atomic E-state index is 13.0. The Hall–Kier alpha value is -3.34. The van der Waals surface area contributed by atoms with Gasteiger partial charge in [-0.2, -0.15) is 0 Å². The predicted molar refractivity (Wildman–Crippen MR) is 130 cm³/mol. The van der Waals surface area contributed by atoms with Crippen LogP contribution in [-0.2, 0) is 38.5 Å². The van der Waals surface area contributed by atoms with Gasteiger partial charge in [0.25, 0.3) is 0 Å². The third kappa shape index (κ3) is 8.43. The SMILES string of the molecule is CC[C@H](C)[C@H](NC(=O)Cn1nnnc1C[C@@H](N)Cc1ccccc1)C(=O)N[C@H](C(=O)OC)C(C)C. The van der Waals surface area contributed by atoms with E-state index >= 15 is 0 Å². The molecule has 2 aromatic rings. The molecule has 4 atom stereocenters. The van der Waals surface area contributed by atoms with Crippen LogP contribution in [0.1, 0.15) is 45.5 Å². The molecule has 0 saturated heterocycles. The van der Waals surface area contributed by atoms with Gasteiger partial charge in [0.2, 0.25) is 11.8 Å². The smallest absolute Gasteiger partial charge is 0.328 e. The summed E-state index contributed by atoms with van der Waals surface area (Å²) in [6, 6.07) is 7.98. The van der Waals surface area contributed by atoms with Gasteiger partial charge in [-0.3, -0.25) is 9.59 Å². The summed E-state index contributed by atoms with van der Waals surface area (Å²) in [5.74, 6) is -1.26. The maximum absolute atomic E-state index is 13.0. The maximum Gasteiger partial charge on any atom is 0.328 e. The summed E-state index contributed by atoms with van der Waals surface area (Å²) in [5, 5.41) is 17.1. The molecule has 4 N–H and O–H groups in total. The molecular formula is C24H37N7O4. The lowest BCUT2D eigenvalue weighted by atomic mass is 9.96. The van der Waals surface area contributed by atoms with Crippen molar-refractivity contribution in [2.45, 2.75) is 71.6 Å². The van der Waals surface area contributed by atoms with Gasteiger partial charge in [-0.05, 0) is 34.2 Å². The Morgan fingerprint density at radius 2 is 1.74 bits per heavy atom. The summed E-state index contributed by atoms with van der Waals surface area (Å²) in [5.41, 5.74) is 7.38. The largest absolute Gasteiger partial charge is 0.467 e. The molecule has 192 valence electrons. The quantitative estimate of drug-likeness (QED) is 0.348. The van der Waals surface area contributed by atoms with Crippen molar-refractivity contribution in [2.75, 3.05) is 7.11 Å². The summed E-state index contributed by atoms with van der Waals surface area (Å²) in [6.07, 6.45) is 1.68. The van der Waals surface area contributed by atoms with Gasteiger partial charge in [-0.25, -0.2) is 9.48 Å². The van der Waals surface area contributed by atoms with Crippen LogP contribution in [0.3, 0.4) is 0 Å². The number of tetrazole rings is 1. The number of hydrogen-bond acceptors (Lipinski definition) is 8. The first-order valence-corrected chi connectivity index (χ1v) is 11.9. The molecule has 0 radical (unpaired) electrons. The van der Waals surface area contributed by atoms with Crippen LogP contribution in [0.15, 0.2) is 30.3 Å². The van der Waals surface area contributed by atoms with Crippen LogP contribution in [0, 0.1) is 11.8 Å². The third-order valence-electron chi connectivity index (χ3n) is 5.92. The van der Waals surface area contributed by atoms with Crippen LogP contribution in [0.5, 0.6) is 0 Å². The van der Waals surface area contributed by atoms with Crippen molar-refractivity contribution in [3.8, 4) is 0 Å². The second kappa shape index (κ2) is 13.5. The van der Waals surface area contributed by atoms with E-state index in [9.17, 15) is 14.4 Å². The van der Waals surface area contributed by atoms with Crippen molar-refractivity contribution in [3.63, 3.8) is 0 Å². The molecule has 0 spiro atoms. The zero-order valence-corrected chi connectivity index (χ0v) is 21.1. The van der Waals surface area contributed by atoms with Crippen LogP contribution in [-0.4, -0.2) is 63.2 Å². The number of methoxy groups -OCH3 is 1. The normalized spacial score (nSPS) is 14.6. The van der Waals surface area contributed by atoms with E-state index in [1.54, 1.807) is 13.8 Å². The minimum absolute atomic E-state index is 0.161. The van der Waals surface area contributed by atoms with Crippen molar-refractivity contribution >= 4 is 17.8 Å². The molecule has 0 fully saturated rings. The predicted octanol–water partition coefficient (Wildman–Crippen LogP) is 0.630. The molecule has 1 aromatic carbocycles. The van der Waals surface area contributed by atoms with Gasteiger partial charge >= 0.3 is 5.97 Å². The minimum atomic E-state index is -0.835. The lowest BCUT2D eigenvalue weighted by molar-refractivity contribution is -0.146. The van der Waals surface area contributed by atoms with Gasteiger partial charge in [0.1, 0.15) is 18.6 Å². The second-order valence-corrected chi connectivity index (χ2v) is 9.09. The number of carbonyl (C=O) groups is 3. The summed E-state index contributed by atoms with van der Waals surface area (Å²) >= 11 is 0. The van der Waals surface area contributed by atoms with Crippen LogP contribution < -0.4 is 16.4 Å². The van der Waals surface area contributed by atoms with Crippen LogP contribution in [0.2, 0.25) is 0 Å². The molecule has 0 aliphatic heterocycles. The Kier molecular flexibility index (Phi) is 10.8. The van der Waals surface area contributed by atoms with E-state index in [1.807, 2.05) is 44.2 Å². The zero-order chi connectivity index (χ0) is 26.0. The number of nitrogens with zero attached hydrogens (tertiary/aromatic N) is 4. The summed E-state index contributed by atoms with van der Waals surface area (Å²) in [7, 11) is 1.27. The van der Waals surface area contributed by atoms with Crippen LogP contribution >= 0.6 is 0 Å². The Morgan fingerprint density at radius 3 is 2.34 bits per heavy atom. The first-order valence-electron chi connectivity index (χ1n) is 11.9. The average Bonchev–Trinajstić information content (AvgIpc) is 3.26. The van der Waals surface area contributed by atoms with E-state index in [-0.39, 0.29) is 24.4 Å². The monoisotopic (exact) mass is 487 g/mol. The molecule has 2 rings (SSSR count). The molecule has 0 bridgehead atoms. The summed E-state index contributed by atoms with van der Waals surface area (Å²) < 4.78 is 6.18. The number of rotatable bonds is 13. The summed E-state index contributed by atoms with van der Waals surface area (Å²) in [4.78, 5) is 37.9. The third-order valence-corrected chi connectivity index (χ3v) is 5.92. The standard InChI is InChI=1S/C24H37N7O4/c1-6-16(4)22(23(33)27-21(15(2)3)24(34)35-5)26-20(32)14-31-19(28-29-30-31)13-18(25)12-17-10-8-7-9-11-17/h7-11,15-16,18,21-22H,6,12-14,25H2,1-5H3,(H,26,32)(H,27,33)/t16-,18-,21-,22-/m0/s1. The molecule has 1 heterocycles. The highest BCUT2D eigenvalue weighted by atomic mass is 16.5. The number of nitrogens with two attached hydrogens (primary N) is 1. The number of aromatic nitrogens is 4. The van der Waals surface area contributed by atoms with Gasteiger partial charge in [0, 0.05) is 12.5 Å². The van der Waals surface area contributed by atoms with Crippen molar-refractivity contribution in [2.24, 2.45) is 17.6 Å². The Balaban J connectivity index is 2.03. The number of nitrogens with one attached hydrogen (secondary N) is 2. The molecule has 2 amide bonds. The van der Waals surface area contributed by atoms with E-state index in [2.05, 4.69) is 26.2 Å². The van der Waals surface area contributed by atoms with Crippen LogP contribution in [0.25, 0.3) is 0 Å².